The maximum Gasteiger partial charge on any atom is 0.254 e. The second kappa shape index (κ2) is 7.48. The lowest BCUT2D eigenvalue weighted by atomic mass is 9.93. The number of aromatic nitrogens is 1. The molecule has 0 N–H and O–H groups in total. The predicted octanol–water partition coefficient (Wildman–Crippen LogP) is 2.28. The zero-order chi connectivity index (χ0) is 18.8. The number of amides is 2. The van der Waals surface area contributed by atoms with Gasteiger partial charge in [0, 0.05) is 49.2 Å². The number of anilines is 1. The van der Waals surface area contributed by atoms with Crippen LogP contribution < -0.4 is 4.90 Å². The van der Waals surface area contributed by atoms with Crippen molar-refractivity contribution in [2.75, 3.05) is 31.1 Å². The molecule has 0 saturated carbocycles. The minimum Gasteiger partial charge on any atom is -0.368 e. The first kappa shape index (κ1) is 17.7. The Hall–Kier alpha value is -2.73. The monoisotopic (exact) mass is 365 g/mol. The number of aryl methyl sites for hydroxylation is 1. The molecule has 2 aliphatic heterocycles. The van der Waals surface area contributed by atoms with Crippen LogP contribution in [0.25, 0.3) is 0 Å². The van der Waals surface area contributed by atoms with E-state index >= 15 is 0 Å². The Balaban J connectivity index is 1.54. The minimum atomic E-state index is -0.0292. The topological polar surface area (TPSA) is 62.7 Å². The van der Waals surface area contributed by atoms with E-state index in [2.05, 4.69) is 4.98 Å². The van der Waals surface area contributed by atoms with Gasteiger partial charge >= 0.3 is 0 Å². The van der Waals surface area contributed by atoms with Gasteiger partial charge in [0.15, 0.2) is 0 Å². The Morgan fingerprint density at radius 2 is 2.00 bits per heavy atom. The van der Waals surface area contributed by atoms with Gasteiger partial charge in [0.05, 0.1) is 6.10 Å². The number of pyridine rings is 1. The fourth-order valence-corrected chi connectivity index (χ4v) is 3.92. The zero-order valence-electron chi connectivity index (χ0n) is 15.4. The smallest absolute Gasteiger partial charge is 0.254 e. The van der Waals surface area contributed by atoms with Gasteiger partial charge in [-0.15, -0.1) is 0 Å². The molecule has 4 rings (SSSR count). The van der Waals surface area contributed by atoms with E-state index in [-0.39, 0.29) is 30.4 Å². The Bertz CT molecular complexity index is 840. The fraction of sp³-hybridized carbons (Fsp3) is 0.381. The molecule has 2 atom stereocenters. The molecule has 2 saturated heterocycles. The molecule has 1 aromatic heterocycles. The molecule has 2 aromatic rings. The summed E-state index contributed by atoms with van der Waals surface area (Å²) in [7, 11) is 0. The number of ether oxygens (including phenoxy) is 1. The van der Waals surface area contributed by atoms with Gasteiger partial charge in [-0.25, -0.2) is 0 Å². The number of piperidine rings is 1. The van der Waals surface area contributed by atoms with Crippen molar-refractivity contribution >= 4 is 17.5 Å². The van der Waals surface area contributed by atoms with Gasteiger partial charge in [-0.05, 0) is 37.1 Å². The quantitative estimate of drug-likeness (QED) is 0.819. The molecule has 3 heterocycles. The number of carbonyl (C=O) groups excluding carboxylic acids is 2. The summed E-state index contributed by atoms with van der Waals surface area (Å²) in [5.41, 5.74) is 2.44. The van der Waals surface area contributed by atoms with Crippen molar-refractivity contribution in [3.05, 3.63) is 59.9 Å². The van der Waals surface area contributed by atoms with Crippen LogP contribution in [-0.4, -0.2) is 54.0 Å². The molecule has 0 unspecified atom stereocenters. The van der Waals surface area contributed by atoms with E-state index < -0.39 is 0 Å². The summed E-state index contributed by atoms with van der Waals surface area (Å²) in [5, 5.41) is 0. The summed E-state index contributed by atoms with van der Waals surface area (Å²) >= 11 is 0. The second-order valence-corrected chi connectivity index (χ2v) is 7.18. The van der Waals surface area contributed by atoms with Crippen LogP contribution in [0.15, 0.2) is 48.8 Å². The lowest BCUT2D eigenvalue weighted by Gasteiger charge is -2.38. The standard InChI is InChI=1S/C21H23N3O3/c1-15-11-22-9-7-18(15)21(26)23-10-8-19-16(12-23)13-24(20(25)14-27-19)17-5-3-2-4-6-17/h2-7,9,11,16,19H,8,10,12-14H2,1H3/t16-,19+/m1/s1. The van der Waals surface area contributed by atoms with Crippen molar-refractivity contribution in [3.8, 4) is 0 Å². The highest BCUT2D eigenvalue weighted by molar-refractivity contribution is 5.96. The van der Waals surface area contributed by atoms with Crippen LogP contribution in [0, 0.1) is 12.8 Å². The summed E-state index contributed by atoms with van der Waals surface area (Å²) in [6.45, 7) is 3.78. The molecule has 1 aromatic carbocycles. The lowest BCUT2D eigenvalue weighted by Crippen LogP contribution is -2.49. The molecule has 0 spiro atoms. The molecule has 0 radical (unpaired) electrons. The number of nitrogens with zero attached hydrogens (tertiary/aromatic N) is 3. The van der Waals surface area contributed by atoms with Crippen molar-refractivity contribution in [2.45, 2.75) is 19.4 Å². The third-order valence-corrected chi connectivity index (χ3v) is 5.41. The zero-order valence-corrected chi connectivity index (χ0v) is 15.4. The summed E-state index contributed by atoms with van der Waals surface area (Å²) in [6.07, 6.45) is 4.11. The Labute approximate surface area is 158 Å². The molecule has 140 valence electrons. The molecular weight excluding hydrogens is 342 g/mol. The second-order valence-electron chi connectivity index (χ2n) is 7.18. The van der Waals surface area contributed by atoms with Crippen LogP contribution in [0.5, 0.6) is 0 Å². The first-order valence-electron chi connectivity index (χ1n) is 9.30. The Morgan fingerprint density at radius 1 is 1.19 bits per heavy atom. The molecule has 2 amide bonds. The van der Waals surface area contributed by atoms with E-state index in [1.54, 1.807) is 23.4 Å². The Kier molecular flexibility index (Phi) is 4.90. The average Bonchev–Trinajstić information content (AvgIpc) is 2.87. The van der Waals surface area contributed by atoms with E-state index in [1.807, 2.05) is 42.2 Å². The number of rotatable bonds is 2. The van der Waals surface area contributed by atoms with Crippen LogP contribution in [0.3, 0.4) is 0 Å². The van der Waals surface area contributed by atoms with Crippen molar-refractivity contribution in [2.24, 2.45) is 5.92 Å². The number of hydrogen-bond donors (Lipinski definition) is 0. The van der Waals surface area contributed by atoms with E-state index in [4.69, 9.17) is 4.74 Å². The van der Waals surface area contributed by atoms with Gasteiger partial charge in [0.25, 0.3) is 11.8 Å². The largest absolute Gasteiger partial charge is 0.368 e. The van der Waals surface area contributed by atoms with Crippen molar-refractivity contribution in [1.29, 1.82) is 0 Å². The summed E-state index contributed by atoms with van der Waals surface area (Å²) in [5.74, 6) is 0.0881. The number of para-hydroxylation sites is 1. The molecule has 6 nitrogen and oxygen atoms in total. The van der Waals surface area contributed by atoms with Crippen molar-refractivity contribution < 1.29 is 14.3 Å². The number of carbonyl (C=O) groups is 2. The molecule has 27 heavy (non-hydrogen) atoms. The number of fused-ring (bicyclic) bond motifs is 1. The predicted molar refractivity (Wildman–Crippen MR) is 102 cm³/mol. The van der Waals surface area contributed by atoms with Crippen LogP contribution >= 0.6 is 0 Å². The highest BCUT2D eigenvalue weighted by Gasteiger charge is 2.37. The maximum atomic E-state index is 13.0. The molecule has 0 aliphatic carbocycles. The molecule has 2 aliphatic rings. The molecular formula is C21H23N3O3. The third-order valence-electron chi connectivity index (χ3n) is 5.41. The molecule has 6 heteroatoms. The first-order valence-corrected chi connectivity index (χ1v) is 9.30. The average molecular weight is 365 g/mol. The van der Waals surface area contributed by atoms with Gasteiger partial charge in [0.1, 0.15) is 6.61 Å². The summed E-state index contributed by atoms with van der Waals surface area (Å²) in [6, 6.07) is 11.4. The van der Waals surface area contributed by atoms with Gasteiger partial charge in [-0.3, -0.25) is 14.6 Å². The number of likely N-dealkylation sites (tertiary alicyclic amines) is 1. The van der Waals surface area contributed by atoms with E-state index in [9.17, 15) is 9.59 Å². The third kappa shape index (κ3) is 3.57. The first-order chi connectivity index (χ1) is 13.1. The Morgan fingerprint density at radius 3 is 2.78 bits per heavy atom. The fourth-order valence-electron chi connectivity index (χ4n) is 3.92. The normalized spacial score (nSPS) is 22.9. The van der Waals surface area contributed by atoms with Gasteiger partial charge < -0.3 is 14.5 Å². The summed E-state index contributed by atoms with van der Waals surface area (Å²) in [4.78, 5) is 33.3. The summed E-state index contributed by atoms with van der Waals surface area (Å²) < 4.78 is 5.89. The highest BCUT2D eigenvalue weighted by Crippen LogP contribution is 2.28. The maximum absolute atomic E-state index is 13.0. The minimum absolute atomic E-state index is 0.00486. The van der Waals surface area contributed by atoms with Crippen LogP contribution in [0.1, 0.15) is 22.3 Å². The van der Waals surface area contributed by atoms with Gasteiger partial charge in [-0.2, -0.15) is 0 Å². The molecule has 2 fully saturated rings. The van der Waals surface area contributed by atoms with E-state index in [0.29, 0.717) is 25.2 Å². The number of benzene rings is 1. The van der Waals surface area contributed by atoms with Crippen LogP contribution in [0.4, 0.5) is 5.69 Å². The highest BCUT2D eigenvalue weighted by atomic mass is 16.5. The van der Waals surface area contributed by atoms with Crippen molar-refractivity contribution in [1.82, 2.24) is 9.88 Å². The van der Waals surface area contributed by atoms with Crippen LogP contribution in [-0.2, 0) is 9.53 Å². The van der Waals surface area contributed by atoms with Crippen molar-refractivity contribution in [3.63, 3.8) is 0 Å². The SMILES string of the molecule is Cc1cnccc1C(=O)N1CC[C@@H]2OCC(=O)N(c3ccccc3)C[C@H]2C1. The lowest BCUT2D eigenvalue weighted by molar-refractivity contribution is -0.124. The van der Waals surface area contributed by atoms with E-state index in [0.717, 1.165) is 17.7 Å². The van der Waals surface area contributed by atoms with Gasteiger partial charge in [-0.1, -0.05) is 18.2 Å². The van der Waals surface area contributed by atoms with Crippen LogP contribution in [0.2, 0.25) is 0 Å². The van der Waals surface area contributed by atoms with Gasteiger partial charge in [0.2, 0.25) is 0 Å². The number of hydrogen-bond acceptors (Lipinski definition) is 4. The van der Waals surface area contributed by atoms with E-state index in [1.165, 1.54) is 0 Å². The molecule has 0 bridgehead atoms.